The van der Waals surface area contributed by atoms with E-state index < -0.39 is 6.10 Å². The third-order valence-corrected chi connectivity index (χ3v) is 2.78. The Morgan fingerprint density at radius 1 is 1.23 bits per heavy atom. The van der Waals surface area contributed by atoms with E-state index in [1.807, 2.05) is 13.8 Å². The molecule has 0 fully saturated rings. The van der Waals surface area contributed by atoms with E-state index >= 15 is 0 Å². The Bertz CT molecular complexity index is 121. The van der Waals surface area contributed by atoms with Crippen molar-refractivity contribution in [1.82, 2.24) is 0 Å². The van der Waals surface area contributed by atoms with E-state index in [4.69, 9.17) is 10.2 Å². The molecular formula is C10H22O3. The lowest BCUT2D eigenvalue weighted by Crippen LogP contribution is -2.23. The fraction of sp³-hybridized carbons (Fsp3) is 1.00. The van der Waals surface area contributed by atoms with Crippen molar-refractivity contribution in [3.8, 4) is 0 Å². The van der Waals surface area contributed by atoms with E-state index in [9.17, 15) is 5.11 Å². The van der Waals surface area contributed by atoms with Crippen molar-refractivity contribution in [3.63, 3.8) is 0 Å². The van der Waals surface area contributed by atoms with Gasteiger partial charge in [-0.25, -0.2) is 0 Å². The first-order valence-electron chi connectivity index (χ1n) is 4.97. The maximum Gasteiger partial charge on any atom is 0.0562 e. The third-order valence-electron chi connectivity index (χ3n) is 2.78. The number of hydrogen-bond donors (Lipinski definition) is 3. The number of rotatable bonds is 7. The van der Waals surface area contributed by atoms with Crippen molar-refractivity contribution in [2.24, 2.45) is 5.41 Å². The van der Waals surface area contributed by atoms with E-state index in [1.165, 1.54) is 0 Å². The maximum atomic E-state index is 9.36. The normalized spacial score (nSPS) is 18.2. The van der Waals surface area contributed by atoms with E-state index in [2.05, 4.69) is 0 Å². The molecular weight excluding hydrogens is 168 g/mol. The summed E-state index contributed by atoms with van der Waals surface area (Å²) in [7, 11) is 0. The zero-order valence-corrected chi connectivity index (χ0v) is 8.66. The molecule has 2 unspecified atom stereocenters. The van der Waals surface area contributed by atoms with Crippen LogP contribution in [-0.2, 0) is 0 Å². The molecule has 0 radical (unpaired) electrons. The van der Waals surface area contributed by atoms with Crippen LogP contribution in [-0.4, -0.2) is 34.6 Å². The summed E-state index contributed by atoms with van der Waals surface area (Å²) in [6.45, 7) is 4.24. The van der Waals surface area contributed by atoms with E-state index in [0.29, 0.717) is 12.8 Å². The second kappa shape index (κ2) is 6.35. The Kier molecular flexibility index (Phi) is 6.29. The number of hydrogen-bond acceptors (Lipinski definition) is 3. The highest BCUT2D eigenvalue weighted by atomic mass is 16.3. The van der Waals surface area contributed by atoms with Gasteiger partial charge >= 0.3 is 0 Å². The molecule has 0 aliphatic rings. The minimum Gasteiger partial charge on any atom is -0.396 e. The third kappa shape index (κ3) is 5.24. The molecule has 3 nitrogen and oxygen atoms in total. The lowest BCUT2D eigenvalue weighted by Gasteiger charge is -2.26. The summed E-state index contributed by atoms with van der Waals surface area (Å²) >= 11 is 0. The molecule has 13 heavy (non-hydrogen) atoms. The van der Waals surface area contributed by atoms with Crippen LogP contribution in [0.2, 0.25) is 0 Å². The van der Waals surface area contributed by atoms with E-state index in [0.717, 1.165) is 12.8 Å². The molecule has 3 N–H and O–H groups in total. The van der Waals surface area contributed by atoms with Crippen LogP contribution in [0, 0.1) is 5.41 Å². The molecule has 0 aliphatic heterocycles. The van der Waals surface area contributed by atoms with Gasteiger partial charge in [-0.15, -0.1) is 0 Å². The van der Waals surface area contributed by atoms with Crippen molar-refractivity contribution in [2.45, 2.75) is 45.6 Å². The van der Waals surface area contributed by atoms with Crippen molar-refractivity contribution in [3.05, 3.63) is 0 Å². The molecule has 0 saturated heterocycles. The summed E-state index contributed by atoms with van der Waals surface area (Å²) in [6, 6.07) is 0. The van der Waals surface area contributed by atoms with Crippen molar-refractivity contribution in [1.29, 1.82) is 0 Å². The Morgan fingerprint density at radius 2 is 1.85 bits per heavy atom. The molecule has 0 spiro atoms. The minimum atomic E-state index is -0.428. The quantitative estimate of drug-likeness (QED) is 0.559. The van der Waals surface area contributed by atoms with Crippen LogP contribution in [0.3, 0.4) is 0 Å². The van der Waals surface area contributed by atoms with Crippen LogP contribution >= 0.6 is 0 Å². The lowest BCUT2D eigenvalue weighted by atomic mass is 9.82. The summed E-state index contributed by atoms with van der Waals surface area (Å²) in [5.74, 6) is 0. The van der Waals surface area contributed by atoms with Gasteiger partial charge in [0.2, 0.25) is 0 Å². The van der Waals surface area contributed by atoms with Gasteiger partial charge < -0.3 is 15.3 Å². The van der Waals surface area contributed by atoms with E-state index in [1.54, 1.807) is 0 Å². The second-order valence-electron chi connectivity index (χ2n) is 4.03. The Hall–Kier alpha value is -0.120. The summed E-state index contributed by atoms with van der Waals surface area (Å²) in [6.07, 6.45) is 2.38. The van der Waals surface area contributed by atoms with Crippen LogP contribution in [0.25, 0.3) is 0 Å². The largest absolute Gasteiger partial charge is 0.396 e. The highest BCUT2D eigenvalue weighted by Crippen LogP contribution is 2.27. The van der Waals surface area contributed by atoms with Crippen molar-refractivity contribution in [2.75, 3.05) is 13.2 Å². The van der Waals surface area contributed by atoms with Crippen molar-refractivity contribution >= 4 is 0 Å². The topological polar surface area (TPSA) is 60.7 Å². The predicted octanol–water partition coefficient (Wildman–Crippen LogP) is 0.918. The highest BCUT2D eigenvalue weighted by molar-refractivity contribution is 4.73. The van der Waals surface area contributed by atoms with Gasteiger partial charge in [0.05, 0.1) is 6.10 Å². The summed E-state index contributed by atoms with van der Waals surface area (Å²) in [5, 5.41) is 27.0. The van der Waals surface area contributed by atoms with Gasteiger partial charge in [-0.05, 0) is 31.1 Å². The molecule has 0 saturated carbocycles. The minimum absolute atomic E-state index is 0.0309. The molecule has 2 atom stereocenters. The standard InChI is InChI=1S/C10H22O3/c1-3-10(2,8-12)6-4-9(13)5-7-11/h9,11-13H,3-8H2,1-2H3. The maximum absolute atomic E-state index is 9.36. The van der Waals surface area contributed by atoms with Crippen molar-refractivity contribution < 1.29 is 15.3 Å². The molecule has 80 valence electrons. The van der Waals surface area contributed by atoms with Gasteiger partial charge in [0.15, 0.2) is 0 Å². The van der Waals surface area contributed by atoms with Gasteiger partial charge in [-0.2, -0.15) is 0 Å². The highest BCUT2D eigenvalue weighted by Gasteiger charge is 2.21. The molecule has 3 heteroatoms. The molecule has 0 amide bonds. The zero-order chi connectivity index (χ0) is 10.3. The molecule has 0 bridgehead atoms. The predicted molar refractivity (Wildman–Crippen MR) is 52.4 cm³/mol. The zero-order valence-electron chi connectivity index (χ0n) is 8.66. The van der Waals surface area contributed by atoms with Crippen LogP contribution in [0.4, 0.5) is 0 Å². The fourth-order valence-corrected chi connectivity index (χ4v) is 1.18. The molecule has 0 aromatic carbocycles. The fourth-order valence-electron chi connectivity index (χ4n) is 1.18. The van der Waals surface area contributed by atoms with Gasteiger partial charge in [-0.3, -0.25) is 0 Å². The van der Waals surface area contributed by atoms with Gasteiger partial charge in [0.1, 0.15) is 0 Å². The lowest BCUT2D eigenvalue weighted by molar-refractivity contribution is 0.0801. The molecule has 0 aliphatic carbocycles. The first-order valence-corrected chi connectivity index (χ1v) is 4.97. The first kappa shape index (κ1) is 12.9. The average molecular weight is 190 g/mol. The number of aliphatic hydroxyl groups excluding tert-OH is 3. The second-order valence-corrected chi connectivity index (χ2v) is 4.03. The molecule has 0 heterocycles. The van der Waals surface area contributed by atoms with Gasteiger partial charge in [-0.1, -0.05) is 13.8 Å². The van der Waals surface area contributed by atoms with Crippen LogP contribution in [0.15, 0.2) is 0 Å². The summed E-state index contributed by atoms with van der Waals surface area (Å²) in [4.78, 5) is 0. The molecule has 0 rings (SSSR count). The molecule has 0 aromatic rings. The summed E-state index contributed by atoms with van der Waals surface area (Å²) in [5.41, 5.74) is -0.0730. The van der Waals surface area contributed by atoms with E-state index in [-0.39, 0.29) is 18.6 Å². The first-order chi connectivity index (χ1) is 6.08. The monoisotopic (exact) mass is 190 g/mol. The SMILES string of the molecule is CCC(C)(CO)CCC(O)CCO. The van der Waals surface area contributed by atoms with Crippen LogP contribution < -0.4 is 0 Å². The Balaban J connectivity index is 3.71. The Morgan fingerprint density at radius 3 is 2.23 bits per heavy atom. The Labute approximate surface area is 80.4 Å². The van der Waals surface area contributed by atoms with Crippen LogP contribution in [0.5, 0.6) is 0 Å². The number of aliphatic hydroxyl groups is 3. The smallest absolute Gasteiger partial charge is 0.0562 e. The van der Waals surface area contributed by atoms with Gasteiger partial charge in [0.25, 0.3) is 0 Å². The van der Waals surface area contributed by atoms with Crippen LogP contribution in [0.1, 0.15) is 39.5 Å². The van der Waals surface area contributed by atoms with Gasteiger partial charge in [0, 0.05) is 13.2 Å². The summed E-state index contributed by atoms with van der Waals surface area (Å²) < 4.78 is 0. The molecule has 0 aromatic heterocycles. The average Bonchev–Trinajstić information content (AvgIpc) is 2.15.